The quantitative estimate of drug-likeness (QED) is 0.300. The fraction of sp³-hybridized carbons (Fsp3) is 0.100. The average Bonchev–Trinajstić information content (AvgIpc) is 3.28. The first kappa shape index (κ1) is 17.8. The van der Waals surface area contributed by atoms with E-state index in [0.717, 1.165) is 4.47 Å². The maximum absolute atomic E-state index is 3.54. The van der Waals surface area contributed by atoms with E-state index in [-0.39, 0.29) is 17.1 Å². The number of aromatic nitrogens is 1. The number of fused-ring (bicyclic) bond motifs is 1. The normalized spacial score (nSPS) is 11.4. The van der Waals surface area contributed by atoms with Crippen molar-refractivity contribution in [1.29, 1.82) is 0 Å². The van der Waals surface area contributed by atoms with Crippen molar-refractivity contribution in [2.45, 2.75) is 12.8 Å². The molecule has 3 aromatic carbocycles. The molecule has 118 valence electrons. The van der Waals surface area contributed by atoms with Crippen LogP contribution in [-0.2, 0) is 17.1 Å². The second-order valence-electron chi connectivity index (χ2n) is 5.34. The molecule has 0 bridgehead atoms. The zero-order valence-corrected chi connectivity index (χ0v) is 15.5. The molecule has 1 heterocycles. The van der Waals surface area contributed by atoms with E-state index < -0.39 is 0 Å². The Labute approximate surface area is 156 Å². The summed E-state index contributed by atoms with van der Waals surface area (Å²) >= 11 is 3.54. The van der Waals surface area contributed by atoms with Crippen LogP contribution in [0, 0.1) is 0 Å². The van der Waals surface area contributed by atoms with Crippen molar-refractivity contribution in [2.24, 2.45) is 0 Å². The molecule has 0 saturated carbocycles. The summed E-state index contributed by atoms with van der Waals surface area (Å²) in [7, 11) is 0. The minimum absolute atomic E-state index is 0. The van der Waals surface area contributed by atoms with Crippen LogP contribution in [0.4, 0.5) is 0 Å². The third-order valence-corrected chi connectivity index (χ3v) is 4.38. The molecule has 3 heteroatoms. The van der Waals surface area contributed by atoms with Crippen molar-refractivity contribution in [3.63, 3.8) is 0 Å². The number of H-pyrrole nitrogens is 1. The number of hydrogen-bond acceptors (Lipinski definition) is 0. The van der Waals surface area contributed by atoms with Gasteiger partial charge in [0.2, 0.25) is 0 Å². The van der Waals surface area contributed by atoms with Gasteiger partial charge in [-0.15, -0.1) is 0 Å². The molecule has 4 rings (SSSR count). The van der Waals surface area contributed by atoms with Crippen LogP contribution in [-0.4, -0.2) is 4.98 Å². The minimum atomic E-state index is 0. The predicted octanol–water partition coefficient (Wildman–Crippen LogP) is 6.20. The van der Waals surface area contributed by atoms with Crippen molar-refractivity contribution in [3.05, 3.63) is 94.6 Å². The number of rotatable bonds is 2. The van der Waals surface area contributed by atoms with E-state index in [9.17, 15) is 0 Å². The van der Waals surface area contributed by atoms with E-state index in [1.54, 1.807) is 0 Å². The zero-order valence-electron chi connectivity index (χ0n) is 12.8. The maximum atomic E-state index is 3.54. The molecule has 0 fully saturated rings. The summed E-state index contributed by atoms with van der Waals surface area (Å²) in [5.41, 5.74) is 3.92. The van der Waals surface area contributed by atoms with Crippen LogP contribution >= 0.6 is 15.9 Å². The number of hydrogen-bond donors (Lipinski definition) is 1. The standard InChI is InChI=1S/C15H13BrN.C5H5.Fe/c1-10(11-4-2-3-5-11)14-9-17-15-7-6-12(16)8-13(14)15;1-2-4-5-3-1;/h2-10,17H,1H3;1-5H;/q2*-1;+2. The Morgan fingerprint density at radius 3 is 2.43 bits per heavy atom. The van der Waals surface area contributed by atoms with Gasteiger partial charge in [0, 0.05) is 21.6 Å². The summed E-state index contributed by atoms with van der Waals surface area (Å²) in [6.07, 6.45) is 2.12. The molecule has 0 aliphatic carbocycles. The Bertz CT molecular complexity index is 795. The Morgan fingerprint density at radius 2 is 1.83 bits per heavy atom. The number of benzene rings is 1. The Morgan fingerprint density at radius 1 is 1.04 bits per heavy atom. The first-order chi connectivity index (χ1) is 10.8. The number of nitrogens with one attached hydrogen (secondary N) is 1. The van der Waals surface area contributed by atoms with Crippen LogP contribution in [0.1, 0.15) is 24.0 Å². The van der Waals surface area contributed by atoms with Crippen molar-refractivity contribution in [1.82, 2.24) is 4.98 Å². The second-order valence-corrected chi connectivity index (χ2v) is 6.25. The molecule has 0 saturated heterocycles. The third kappa shape index (κ3) is 4.26. The number of aromatic amines is 1. The van der Waals surface area contributed by atoms with Crippen LogP contribution in [0.25, 0.3) is 10.9 Å². The molecule has 0 spiro atoms. The van der Waals surface area contributed by atoms with Crippen molar-refractivity contribution >= 4 is 26.8 Å². The molecule has 0 radical (unpaired) electrons. The smallest absolute Gasteiger partial charge is 0.361 e. The van der Waals surface area contributed by atoms with Crippen LogP contribution in [0.15, 0.2) is 83.5 Å². The van der Waals surface area contributed by atoms with E-state index in [0.29, 0.717) is 5.92 Å². The molecular weight excluding hydrogens is 390 g/mol. The van der Waals surface area contributed by atoms with Gasteiger partial charge >= 0.3 is 17.1 Å². The van der Waals surface area contributed by atoms with Crippen LogP contribution < -0.4 is 0 Å². The van der Waals surface area contributed by atoms with Gasteiger partial charge in [0.1, 0.15) is 0 Å². The fourth-order valence-electron chi connectivity index (χ4n) is 2.65. The van der Waals surface area contributed by atoms with Gasteiger partial charge < -0.3 is 4.98 Å². The Kier molecular flexibility index (Phi) is 6.47. The van der Waals surface area contributed by atoms with Gasteiger partial charge in [-0.05, 0) is 29.7 Å². The van der Waals surface area contributed by atoms with E-state index in [1.807, 2.05) is 30.3 Å². The zero-order chi connectivity index (χ0) is 15.4. The number of halogens is 1. The van der Waals surface area contributed by atoms with Crippen molar-refractivity contribution in [2.75, 3.05) is 0 Å². The largest absolute Gasteiger partial charge is 2.00 e. The van der Waals surface area contributed by atoms with Gasteiger partial charge in [-0.3, -0.25) is 0 Å². The molecule has 1 atom stereocenters. The molecule has 1 aromatic heterocycles. The monoisotopic (exact) mass is 407 g/mol. The average molecular weight is 408 g/mol. The second kappa shape index (κ2) is 8.35. The van der Waals surface area contributed by atoms with E-state index in [4.69, 9.17) is 0 Å². The summed E-state index contributed by atoms with van der Waals surface area (Å²) in [5, 5.41) is 1.30. The Hall–Kier alpha value is -1.54. The molecule has 1 nitrogen and oxygen atoms in total. The van der Waals surface area contributed by atoms with Gasteiger partial charge in [-0.1, -0.05) is 22.9 Å². The van der Waals surface area contributed by atoms with Crippen molar-refractivity contribution < 1.29 is 17.1 Å². The van der Waals surface area contributed by atoms with Crippen LogP contribution in [0.5, 0.6) is 0 Å². The van der Waals surface area contributed by atoms with Gasteiger partial charge in [0.25, 0.3) is 0 Å². The molecule has 0 aliphatic rings. The molecule has 0 aliphatic heterocycles. The molecule has 1 unspecified atom stereocenters. The van der Waals surface area contributed by atoms with Crippen molar-refractivity contribution in [3.8, 4) is 0 Å². The van der Waals surface area contributed by atoms with Crippen LogP contribution in [0.3, 0.4) is 0 Å². The first-order valence-corrected chi connectivity index (χ1v) is 8.20. The maximum Gasteiger partial charge on any atom is 2.00 e. The van der Waals surface area contributed by atoms with Gasteiger partial charge in [0.05, 0.1) is 0 Å². The topological polar surface area (TPSA) is 15.8 Å². The molecular formula is C20H18BrFeN. The predicted molar refractivity (Wildman–Crippen MR) is 97.6 cm³/mol. The molecule has 1 N–H and O–H groups in total. The SMILES string of the molecule is CC(c1cc[cH-]c1)c1c[nH]c2ccc(Br)cc12.[Fe+2].c1cc[cH-]c1. The molecule has 23 heavy (non-hydrogen) atoms. The minimum Gasteiger partial charge on any atom is -0.361 e. The fourth-order valence-corrected chi connectivity index (χ4v) is 3.01. The van der Waals surface area contributed by atoms with E-state index >= 15 is 0 Å². The summed E-state index contributed by atoms with van der Waals surface area (Å²) < 4.78 is 1.13. The summed E-state index contributed by atoms with van der Waals surface area (Å²) in [6, 6.07) is 24.9. The molecule has 0 amide bonds. The van der Waals surface area contributed by atoms with Gasteiger partial charge in [0.15, 0.2) is 0 Å². The third-order valence-electron chi connectivity index (χ3n) is 3.89. The Balaban J connectivity index is 0.000000276. The van der Waals surface area contributed by atoms with Gasteiger partial charge in [-0.25, -0.2) is 18.2 Å². The summed E-state index contributed by atoms with van der Waals surface area (Å²) in [6.45, 7) is 2.25. The van der Waals surface area contributed by atoms with Crippen LogP contribution in [0.2, 0.25) is 0 Å². The molecule has 4 aromatic rings. The summed E-state index contributed by atoms with van der Waals surface area (Å²) in [4.78, 5) is 3.34. The summed E-state index contributed by atoms with van der Waals surface area (Å²) in [5.74, 6) is 0.424. The first-order valence-electron chi connectivity index (χ1n) is 7.40. The van der Waals surface area contributed by atoms with E-state index in [2.05, 4.69) is 76.5 Å². The van der Waals surface area contributed by atoms with E-state index in [1.165, 1.54) is 22.0 Å². The van der Waals surface area contributed by atoms with Gasteiger partial charge in [-0.2, -0.15) is 42.0 Å².